The molecule has 0 saturated heterocycles. The maximum absolute atomic E-state index is 5.88. The monoisotopic (exact) mass is 249 g/mol. The number of benzene rings is 1. The van der Waals surface area contributed by atoms with E-state index in [1.54, 1.807) is 0 Å². The lowest BCUT2D eigenvalue weighted by atomic mass is 9.97. The van der Waals surface area contributed by atoms with Crippen LogP contribution in [0.2, 0.25) is 0 Å². The summed E-state index contributed by atoms with van der Waals surface area (Å²) in [6, 6.07) is 9.13. The van der Waals surface area contributed by atoms with E-state index >= 15 is 0 Å². The summed E-state index contributed by atoms with van der Waals surface area (Å²) in [5.41, 5.74) is 2.71. The summed E-state index contributed by atoms with van der Waals surface area (Å²) >= 11 is 0. The number of nitrogens with one attached hydrogen (secondary N) is 1. The molecule has 0 aliphatic heterocycles. The van der Waals surface area contributed by atoms with Crippen molar-refractivity contribution in [2.75, 3.05) is 13.7 Å². The molecular formula is C16H27NO. The Morgan fingerprint density at radius 3 is 2.61 bits per heavy atom. The van der Waals surface area contributed by atoms with Crippen LogP contribution in [0.1, 0.15) is 37.8 Å². The zero-order chi connectivity index (χ0) is 13.4. The quantitative estimate of drug-likeness (QED) is 0.763. The van der Waals surface area contributed by atoms with Crippen LogP contribution in [0.15, 0.2) is 24.3 Å². The minimum absolute atomic E-state index is 0.311. The van der Waals surface area contributed by atoms with Gasteiger partial charge in [-0.1, -0.05) is 43.2 Å². The molecule has 0 radical (unpaired) electrons. The molecule has 0 amide bonds. The van der Waals surface area contributed by atoms with Gasteiger partial charge in [0.15, 0.2) is 0 Å². The molecule has 0 saturated carbocycles. The molecule has 0 aliphatic carbocycles. The van der Waals surface area contributed by atoms with Gasteiger partial charge in [-0.3, -0.25) is 0 Å². The number of likely N-dealkylation sites (N-methyl/N-ethyl adjacent to an activating group) is 1. The van der Waals surface area contributed by atoms with Crippen molar-refractivity contribution in [3.63, 3.8) is 0 Å². The van der Waals surface area contributed by atoms with Crippen molar-refractivity contribution >= 4 is 0 Å². The molecule has 2 unspecified atom stereocenters. The van der Waals surface area contributed by atoms with E-state index in [-0.39, 0.29) is 0 Å². The Hall–Kier alpha value is -0.860. The van der Waals surface area contributed by atoms with Gasteiger partial charge in [0.1, 0.15) is 0 Å². The Balaban J connectivity index is 2.69. The largest absolute Gasteiger partial charge is 0.377 e. The van der Waals surface area contributed by atoms with Crippen molar-refractivity contribution in [2.24, 2.45) is 0 Å². The number of ether oxygens (including phenoxy) is 1. The predicted octanol–water partition coefficient (Wildman–Crippen LogP) is 3.33. The summed E-state index contributed by atoms with van der Waals surface area (Å²) in [5, 5.41) is 3.41. The highest BCUT2D eigenvalue weighted by molar-refractivity contribution is 5.23. The second kappa shape index (κ2) is 8.28. The zero-order valence-corrected chi connectivity index (χ0v) is 12.2. The molecule has 1 aromatic carbocycles. The molecule has 0 aliphatic rings. The first-order chi connectivity index (χ1) is 8.71. The van der Waals surface area contributed by atoms with Crippen LogP contribution in [0.25, 0.3) is 0 Å². The van der Waals surface area contributed by atoms with Gasteiger partial charge in [0.25, 0.3) is 0 Å². The van der Waals surface area contributed by atoms with E-state index in [1.165, 1.54) is 11.1 Å². The lowest BCUT2D eigenvalue weighted by molar-refractivity contribution is 0.0301. The van der Waals surface area contributed by atoms with E-state index in [2.05, 4.69) is 50.4 Å². The summed E-state index contributed by atoms with van der Waals surface area (Å²) in [4.78, 5) is 0. The third-order valence-electron chi connectivity index (χ3n) is 3.31. The minimum Gasteiger partial charge on any atom is -0.377 e. The average Bonchev–Trinajstić information content (AvgIpc) is 2.36. The molecule has 0 aromatic heterocycles. The molecule has 102 valence electrons. The molecule has 2 heteroatoms. The second-order valence-electron chi connectivity index (χ2n) is 4.87. The Kier molecular flexibility index (Phi) is 6.99. The van der Waals surface area contributed by atoms with Crippen molar-refractivity contribution in [3.05, 3.63) is 35.4 Å². The molecule has 2 atom stereocenters. The van der Waals surface area contributed by atoms with E-state index in [0.717, 1.165) is 25.9 Å². The van der Waals surface area contributed by atoms with Crippen LogP contribution < -0.4 is 5.32 Å². The van der Waals surface area contributed by atoms with Gasteiger partial charge in [-0.2, -0.15) is 0 Å². The van der Waals surface area contributed by atoms with Crippen LogP contribution in [-0.4, -0.2) is 25.8 Å². The average molecular weight is 249 g/mol. The number of hydrogen-bond donors (Lipinski definition) is 1. The first-order valence-electron chi connectivity index (χ1n) is 7.05. The predicted molar refractivity (Wildman–Crippen MR) is 78.1 cm³/mol. The SMILES string of the molecule is CCCC(OCC)C(Cc1cccc(C)c1)NC. The lowest BCUT2D eigenvalue weighted by Crippen LogP contribution is -2.41. The fourth-order valence-electron chi connectivity index (χ4n) is 2.41. The Labute approximate surface area is 112 Å². The molecule has 18 heavy (non-hydrogen) atoms. The van der Waals surface area contributed by atoms with Gasteiger partial charge in [-0.05, 0) is 39.3 Å². The summed E-state index contributed by atoms with van der Waals surface area (Å²) < 4.78 is 5.88. The zero-order valence-electron chi connectivity index (χ0n) is 12.2. The number of hydrogen-bond acceptors (Lipinski definition) is 2. The lowest BCUT2D eigenvalue weighted by Gasteiger charge is -2.26. The van der Waals surface area contributed by atoms with E-state index in [1.807, 2.05) is 7.05 Å². The van der Waals surface area contributed by atoms with Crippen molar-refractivity contribution in [2.45, 2.75) is 52.2 Å². The third-order valence-corrected chi connectivity index (χ3v) is 3.31. The highest BCUT2D eigenvalue weighted by Gasteiger charge is 2.19. The molecule has 0 spiro atoms. The third kappa shape index (κ3) is 4.79. The highest BCUT2D eigenvalue weighted by Crippen LogP contribution is 2.14. The van der Waals surface area contributed by atoms with Gasteiger partial charge in [0.2, 0.25) is 0 Å². The molecule has 1 aromatic rings. The van der Waals surface area contributed by atoms with Crippen molar-refractivity contribution in [1.29, 1.82) is 0 Å². The maximum Gasteiger partial charge on any atom is 0.0730 e. The van der Waals surface area contributed by atoms with Gasteiger partial charge in [0, 0.05) is 12.6 Å². The normalized spacial score (nSPS) is 14.4. The Bertz CT molecular complexity index is 332. The van der Waals surface area contributed by atoms with Crippen LogP contribution in [0.3, 0.4) is 0 Å². The molecule has 2 nitrogen and oxygen atoms in total. The highest BCUT2D eigenvalue weighted by atomic mass is 16.5. The van der Waals surface area contributed by atoms with Gasteiger partial charge in [-0.15, -0.1) is 0 Å². The van der Waals surface area contributed by atoms with Crippen LogP contribution in [0, 0.1) is 6.92 Å². The first kappa shape index (κ1) is 15.2. The summed E-state index contributed by atoms with van der Waals surface area (Å²) in [6.07, 6.45) is 3.62. The van der Waals surface area contributed by atoms with Crippen LogP contribution in [0.4, 0.5) is 0 Å². The fraction of sp³-hybridized carbons (Fsp3) is 0.625. The standard InChI is InChI=1S/C16H27NO/c1-5-8-16(18-6-2)15(17-4)12-14-10-7-9-13(3)11-14/h7,9-11,15-17H,5-6,8,12H2,1-4H3. The summed E-state index contributed by atoms with van der Waals surface area (Å²) in [7, 11) is 2.03. The van der Waals surface area contributed by atoms with E-state index in [9.17, 15) is 0 Å². The molecule has 0 heterocycles. The van der Waals surface area contributed by atoms with E-state index in [0.29, 0.717) is 12.1 Å². The van der Waals surface area contributed by atoms with Gasteiger partial charge >= 0.3 is 0 Å². The van der Waals surface area contributed by atoms with Gasteiger partial charge < -0.3 is 10.1 Å². The Morgan fingerprint density at radius 2 is 2.06 bits per heavy atom. The Morgan fingerprint density at radius 1 is 1.28 bits per heavy atom. The molecule has 0 bridgehead atoms. The molecule has 1 rings (SSSR count). The van der Waals surface area contributed by atoms with Crippen LogP contribution in [0.5, 0.6) is 0 Å². The first-order valence-corrected chi connectivity index (χ1v) is 7.05. The van der Waals surface area contributed by atoms with Crippen molar-refractivity contribution < 1.29 is 4.74 Å². The molecule has 0 fully saturated rings. The van der Waals surface area contributed by atoms with Gasteiger partial charge in [0.05, 0.1) is 6.10 Å². The summed E-state index contributed by atoms with van der Waals surface area (Å²) in [5.74, 6) is 0. The number of aryl methyl sites for hydroxylation is 1. The van der Waals surface area contributed by atoms with E-state index < -0.39 is 0 Å². The minimum atomic E-state index is 0.311. The number of rotatable bonds is 8. The van der Waals surface area contributed by atoms with Crippen LogP contribution in [-0.2, 0) is 11.2 Å². The van der Waals surface area contributed by atoms with Gasteiger partial charge in [-0.25, -0.2) is 0 Å². The van der Waals surface area contributed by atoms with Crippen molar-refractivity contribution in [1.82, 2.24) is 5.32 Å². The second-order valence-corrected chi connectivity index (χ2v) is 4.87. The topological polar surface area (TPSA) is 21.3 Å². The smallest absolute Gasteiger partial charge is 0.0730 e. The maximum atomic E-state index is 5.88. The molecular weight excluding hydrogens is 222 g/mol. The van der Waals surface area contributed by atoms with Crippen LogP contribution >= 0.6 is 0 Å². The van der Waals surface area contributed by atoms with E-state index in [4.69, 9.17) is 4.74 Å². The summed E-state index contributed by atoms with van der Waals surface area (Å²) in [6.45, 7) is 7.22. The van der Waals surface area contributed by atoms with Crippen molar-refractivity contribution in [3.8, 4) is 0 Å². The molecule has 1 N–H and O–H groups in total. The fourth-order valence-corrected chi connectivity index (χ4v) is 2.41.